The Kier molecular flexibility index (Phi) is 5.72. The van der Waals surface area contributed by atoms with Crippen LogP contribution in [0.1, 0.15) is 11.3 Å². The first-order valence-corrected chi connectivity index (χ1v) is 10.6. The molecule has 0 bridgehead atoms. The van der Waals surface area contributed by atoms with Crippen molar-refractivity contribution in [1.29, 1.82) is 0 Å². The van der Waals surface area contributed by atoms with Gasteiger partial charge in [-0.1, -0.05) is 59.8 Å². The standard InChI is InChI=1S/C23H23N5OS/c1-16-9-11-19(12-10-16)28-21(13-17(2)26-28)25-22(29)15-30-23-24-14-20(27(23)3)18-7-5-4-6-8-18/h4-14H,15H2,1-3H3,(H,25,29). The monoisotopic (exact) mass is 417 g/mol. The number of thioether (sulfide) groups is 1. The summed E-state index contributed by atoms with van der Waals surface area (Å²) in [4.78, 5) is 17.1. The highest BCUT2D eigenvalue weighted by Gasteiger charge is 2.14. The summed E-state index contributed by atoms with van der Waals surface area (Å²) in [5, 5.41) is 8.29. The van der Waals surface area contributed by atoms with Crippen LogP contribution in [0.15, 0.2) is 72.0 Å². The van der Waals surface area contributed by atoms with Crippen molar-refractivity contribution in [1.82, 2.24) is 19.3 Å². The summed E-state index contributed by atoms with van der Waals surface area (Å²) in [5.74, 6) is 0.821. The quantitative estimate of drug-likeness (QED) is 0.465. The second-order valence-corrected chi connectivity index (χ2v) is 8.05. The molecule has 1 N–H and O–H groups in total. The maximum Gasteiger partial charge on any atom is 0.236 e. The molecule has 2 aromatic carbocycles. The molecule has 2 heterocycles. The van der Waals surface area contributed by atoms with E-state index in [9.17, 15) is 4.79 Å². The molecular formula is C23H23N5OS. The van der Waals surface area contributed by atoms with Crippen LogP contribution in [0.3, 0.4) is 0 Å². The van der Waals surface area contributed by atoms with Crippen molar-refractivity contribution in [2.24, 2.45) is 7.05 Å². The zero-order valence-corrected chi connectivity index (χ0v) is 18.0. The smallest absolute Gasteiger partial charge is 0.236 e. The van der Waals surface area contributed by atoms with Crippen LogP contribution in [0.2, 0.25) is 0 Å². The molecule has 0 aliphatic carbocycles. The van der Waals surface area contributed by atoms with Crippen LogP contribution in [-0.2, 0) is 11.8 Å². The van der Waals surface area contributed by atoms with Gasteiger partial charge in [0.05, 0.1) is 29.0 Å². The Hall–Kier alpha value is -3.32. The number of nitrogens with zero attached hydrogens (tertiary/aromatic N) is 4. The minimum Gasteiger partial charge on any atom is -0.322 e. The summed E-state index contributed by atoms with van der Waals surface area (Å²) in [7, 11) is 1.96. The van der Waals surface area contributed by atoms with Crippen molar-refractivity contribution in [3.05, 3.63) is 78.1 Å². The number of aromatic nitrogens is 4. The highest BCUT2D eigenvalue weighted by molar-refractivity contribution is 7.99. The van der Waals surface area contributed by atoms with E-state index in [-0.39, 0.29) is 11.7 Å². The Balaban J connectivity index is 1.44. The molecule has 4 aromatic rings. The minimum atomic E-state index is -0.0995. The van der Waals surface area contributed by atoms with Crippen molar-refractivity contribution in [3.63, 3.8) is 0 Å². The normalized spacial score (nSPS) is 10.9. The molecule has 0 saturated carbocycles. The summed E-state index contributed by atoms with van der Waals surface area (Å²) >= 11 is 1.41. The second-order valence-electron chi connectivity index (χ2n) is 7.11. The molecular weight excluding hydrogens is 394 g/mol. The van der Waals surface area contributed by atoms with E-state index in [0.717, 1.165) is 27.8 Å². The number of aryl methyl sites for hydroxylation is 2. The van der Waals surface area contributed by atoms with Gasteiger partial charge in [0, 0.05) is 13.1 Å². The number of benzene rings is 2. The number of carbonyl (C=O) groups is 1. The number of nitrogens with one attached hydrogen (secondary N) is 1. The molecule has 0 aliphatic heterocycles. The Morgan fingerprint density at radius 2 is 1.80 bits per heavy atom. The van der Waals surface area contributed by atoms with Gasteiger partial charge in [0.25, 0.3) is 0 Å². The van der Waals surface area contributed by atoms with Crippen LogP contribution in [0.25, 0.3) is 16.9 Å². The van der Waals surface area contributed by atoms with Crippen LogP contribution in [0.4, 0.5) is 5.82 Å². The molecule has 0 unspecified atom stereocenters. The van der Waals surface area contributed by atoms with Crippen molar-refractivity contribution in [2.75, 3.05) is 11.1 Å². The maximum absolute atomic E-state index is 12.6. The van der Waals surface area contributed by atoms with E-state index in [0.29, 0.717) is 5.82 Å². The van der Waals surface area contributed by atoms with Gasteiger partial charge in [-0.15, -0.1) is 0 Å². The third-order valence-corrected chi connectivity index (χ3v) is 5.77. The van der Waals surface area contributed by atoms with E-state index in [1.165, 1.54) is 17.3 Å². The first kappa shape index (κ1) is 20.0. The Morgan fingerprint density at radius 3 is 2.53 bits per heavy atom. The summed E-state index contributed by atoms with van der Waals surface area (Å²) < 4.78 is 3.76. The summed E-state index contributed by atoms with van der Waals surface area (Å²) in [6.07, 6.45) is 1.84. The fraction of sp³-hybridized carbons (Fsp3) is 0.174. The Morgan fingerprint density at radius 1 is 1.07 bits per heavy atom. The molecule has 1 amide bonds. The van der Waals surface area contributed by atoms with E-state index in [2.05, 4.69) is 15.4 Å². The summed E-state index contributed by atoms with van der Waals surface area (Å²) in [6, 6.07) is 20.0. The van der Waals surface area contributed by atoms with Gasteiger partial charge in [0.15, 0.2) is 5.16 Å². The first-order chi connectivity index (χ1) is 14.5. The number of amides is 1. The van der Waals surface area contributed by atoms with Crippen LogP contribution >= 0.6 is 11.8 Å². The van der Waals surface area contributed by atoms with Gasteiger partial charge in [-0.2, -0.15) is 5.10 Å². The lowest BCUT2D eigenvalue weighted by Crippen LogP contribution is -2.17. The molecule has 0 aliphatic rings. The molecule has 0 atom stereocenters. The molecule has 152 valence electrons. The van der Waals surface area contributed by atoms with E-state index >= 15 is 0 Å². The van der Waals surface area contributed by atoms with E-state index in [1.807, 2.05) is 92.3 Å². The molecule has 0 fully saturated rings. The minimum absolute atomic E-state index is 0.0995. The zero-order valence-electron chi connectivity index (χ0n) is 17.2. The maximum atomic E-state index is 12.6. The molecule has 2 aromatic heterocycles. The zero-order chi connectivity index (χ0) is 21.1. The lowest BCUT2D eigenvalue weighted by molar-refractivity contribution is -0.113. The Bertz CT molecular complexity index is 1160. The average molecular weight is 418 g/mol. The van der Waals surface area contributed by atoms with Crippen LogP contribution < -0.4 is 5.32 Å². The van der Waals surface area contributed by atoms with E-state index in [1.54, 1.807) is 4.68 Å². The van der Waals surface area contributed by atoms with Gasteiger partial charge in [-0.3, -0.25) is 4.79 Å². The largest absolute Gasteiger partial charge is 0.322 e. The molecule has 0 spiro atoms. The fourth-order valence-electron chi connectivity index (χ4n) is 3.18. The predicted molar refractivity (Wildman–Crippen MR) is 121 cm³/mol. The topological polar surface area (TPSA) is 64.7 Å². The van der Waals surface area contributed by atoms with Gasteiger partial charge in [-0.05, 0) is 31.5 Å². The van der Waals surface area contributed by atoms with Crippen LogP contribution in [0, 0.1) is 13.8 Å². The predicted octanol–water partition coefficient (Wildman–Crippen LogP) is 4.62. The fourth-order valence-corrected chi connectivity index (χ4v) is 3.94. The van der Waals surface area contributed by atoms with Gasteiger partial charge < -0.3 is 9.88 Å². The van der Waals surface area contributed by atoms with E-state index < -0.39 is 0 Å². The number of anilines is 1. The molecule has 0 radical (unpaired) electrons. The number of imidazole rings is 1. The molecule has 6 nitrogen and oxygen atoms in total. The lowest BCUT2D eigenvalue weighted by Gasteiger charge is -2.09. The van der Waals surface area contributed by atoms with Gasteiger partial charge >= 0.3 is 0 Å². The average Bonchev–Trinajstić information content (AvgIpc) is 3.29. The van der Waals surface area contributed by atoms with Crippen molar-refractivity contribution in [3.8, 4) is 16.9 Å². The highest BCUT2D eigenvalue weighted by Crippen LogP contribution is 2.25. The molecule has 0 saturated heterocycles. The van der Waals surface area contributed by atoms with Gasteiger partial charge in [-0.25, -0.2) is 9.67 Å². The highest BCUT2D eigenvalue weighted by atomic mass is 32.2. The third-order valence-electron chi connectivity index (χ3n) is 4.73. The van der Waals surface area contributed by atoms with Crippen molar-refractivity contribution < 1.29 is 4.79 Å². The first-order valence-electron chi connectivity index (χ1n) is 9.65. The molecule has 30 heavy (non-hydrogen) atoms. The third kappa shape index (κ3) is 4.31. The van der Waals surface area contributed by atoms with Crippen molar-refractivity contribution in [2.45, 2.75) is 19.0 Å². The van der Waals surface area contributed by atoms with Gasteiger partial charge in [0.1, 0.15) is 5.82 Å². The number of hydrogen-bond acceptors (Lipinski definition) is 4. The van der Waals surface area contributed by atoms with E-state index in [4.69, 9.17) is 0 Å². The van der Waals surface area contributed by atoms with Crippen LogP contribution in [-0.4, -0.2) is 31.0 Å². The van der Waals surface area contributed by atoms with Crippen LogP contribution in [0.5, 0.6) is 0 Å². The number of rotatable bonds is 6. The summed E-state index contributed by atoms with van der Waals surface area (Å²) in [5.41, 5.74) is 5.05. The summed E-state index contributed by atoms with van der Waals surface area (Å²) in [6.45, 7) is 3.95. The number of hydrogen-bond donors (Lipinski definition) is 1. The molecule has 4 rings (SSSR count). The van der Waals surface area contributed by atoms with Crippen molar-refractivity contribution >= 4 is 23.5 Å². The lowest BCUT2D eigenvalue weighted by atomic mass is 10.2. The molecule has 7 heteroatoms. The second kappa shape index (κ2) is 8.59. The SMILES string of the molecule is Cc1ccc(-n2nc(C)cc2NC(=O)CSc2ncc(-c3ccccc3)n2C)cc1. The van der Waals surface area contributed by atoms with Gasteiger partial charge in [0.2, 0.25) is 5.91 Å². The Labute approximate surface area is 180 Å². The number of carbonyl (C=O) groups excluding carboxylic acids is 1.